The molecular formula is C16H24N6O. The molecule has 0 aliphatic heterocycles. The highest BCUT2D eigenvalue weighted by molar-refractivity contribution is 5.79. The largest absolute Gasteiger partial charge is 0.496 e. The van der Waals surface area contributed by atoms with E-state index in [2.05, 4.69) is 33.5 Å². The van der Waals surface area contributed by atoms with Crippen molar-refractivity contribution in [2.45, 2.75) is 26.6 Å². The van der Waals surface area contributed by atoms with Crippen molar-refractivity contribution in [1.29, 1.82) is 0 Å². The van der Waals surface area contributed by atoms with Crippen molar-refractivity contribution in [3.8, 4) is 5.75 Å². The molecule has 2 rings (SSSR count). The minimum Gasteiger partial charge on any atom is -0.496 e. The molecule has 124 valence electrons. The van der Waals surface area contributed by atoms with Crippen LogP contribution in [0.25, 0.3) is 0 Å². The first kappa shape index (κ1) is 16.8. The third-order valence-electron chi connectivity index (χ3n) is 3.61. The first-order valence-corrected chi connectivity index (χ1v) is 7.60. The first-order valence-electron chi connectivity index (χ1n) is 7.60. The summed E-state index contributed by atoms with van der Waals surface area (Å²) in [7, 11) is 5.45. The lowest BCUT2D eigenvalue weighted by molar-refractivity contribution is 0.395. The third kappa shape index (κ3) is 4.21. The number of para-hydroxylation sites is 1. The highest BCUT2D eigenvalue weighted by atomic mass is 16.5. The van der Waals surface area contributed by atoms with Crippen LogP contribution in [0.3, 0.4) is 0 Å². The number of hydrogen-bond acceptors (Lipinski definition) is 4. The van der Waals surface area contributed by atoms with E-state index in [-0.39, 0.29) is 0 Å². The van der Waals surface area contributed by atoms with Gasteiger partial charge in [-0.05, 0) is 13.0 Å². The zero-order valence-electron chi connectivity index (χ0n) is 14.2. The van der Waals surface area contributed by atoms with E-state index in [1.54, 1.807) is 20.5 Å². The molecule has 0 unspecified atom stereocenters. The minimum absolute atomic E-state index is 0.580. The van der Waals surface area contributed by atoms with E-state index in [0.29, 0.717) is 13.1 Å². The molecular weight excluding hydrogens is 292 g/mol. The molecule has 23 heavy (non-hydrogen) atoms. The van der Waals surface area contributed by atoms with Gasteiger partial charge in [0.1, 0.15) is 12.1 Å². The number of rotatable bonds is 6. The number of guanidine groups is 1. The van der Waals surface area contributed by atoms with Crippen molar-refractivity contribution in [1.82, 2.24) is 25.0 Å². The Hall–Kier alpha value is -2.57. The highest BCUT2D eigenvalue weighted by Gasteiger charge is 2.11. The summed E-state index contributed by atoms with van der Waals surface area (Å²) in [5.74, 6) is 2.56. The number of hydrogen-bond donors (Lipinski definition) is 1. The molecule has 0 atom stereocenters. The zero-order chi connectivity index (χ0) is 16.7. The second-order valence-electron chi connectivity index (χ2n) is 5.10. The van der Waals surface area contributed by atoms with Gasteiger partial charge in [0.2, 0.25) is 0 Å². The van der Waals surface area contributed by atoms with Crippen LogP contribution >= 0.6 is 0 Å². The van der Waals surface area contributed by atoms with Crippen molar-refractivity contribution in [2.24, 2.45) is 4.99 Å². The summed E-state index contributed by atoms with van der Waals surface area (Å²) in [6, 6.07) is 7.98. The number of ether oxygens (including phenoxy) is 1. The van der Waals surface area contributed by atoms with Crippen LogP contribution in [0.5, 0.6) is 5.75 Å². The predicted molar refractivity (Wildman–Crippen MR) is 90.4 cm³/mol. The molecule has 0 saturated carbocycles. The van der Waals surface area contributed by atoms with Gasteiger partial charge < -0.3 is 19.5 Å². The molecule has 1 N–H and O–H groups in total. The van der Waals surface area contributed by atoms with Crippen LogP contribution in [0.4, 0.5) is 0 Å². The average Bonchev–Trinajstić information content (AvgIpc) is 3.03. The molecule has 7 nitrogen and oxygen atoms in total. The fourth-order valence-electron chi connectivity index (χ4n) is 2.39. The Labute approximate surface area is 137 Å². The van der Waals surface area contributed by atoms with Gasteiger partial charge in [0, 0.05) is 32.7 Å². The van der Waals surface area contributed by atoms with E-state index in [1.807, 2.05) is 34.7 Å². The van der Waals surface area contributed by atoms with Crippen LogP contribution in [0, 0.1) is 0 Å². The number of aliphatic imine (C=N–C) groups is 1. The standard InChI is InChI=1S/C16H24N6O/c1-5-22-12-19-20-15(22)10-18-16(17-2)21(3)11-13-8-6-7-9-14(13)23-4/h6-9,12H,5,10-11H2,1-4H3,(H,17,18). The lowest BCUT2D eigenvalue weighted by atomic mass is 10.2. The molecule has 0 fully saturated rings. The van der Waals surface area contributed by atoms with E-state index < -0.39 is 0 Å². The molecule has 0 amide bonds. The van der Waals surface area contributed by atoms with Crippen molar-refractivity contribution in [3.63, 3.8) is 0 Å². The fraction of sp³-hybridized carbons (Fsp3) is 0.438. The van der Waals surface area contributed by atoms with Gasteiger partial charge in [0.05, 0.1) is 13.7 Å². The van der Waals surface area contributed by atoms with Gasteiger partial charge in [-0.25, -0.2) is 0 Å². The van der Waals surface area contributed by atoms with Crippen molar-refractivity contribution in [2.75, 3.05) is 21.2 Å². The van der Waals surface area contributed by atoms with E-state index in [4.69, 9.17) is 4.74 Å². The predicted octanol–water partition coefficient (Wildman–Crippen LogP) is 1.51. The van der Waals surface area contributed by atoms with Gasteiger partial charge in [-0.1, -0.05) is 18.2 Å². The number of nitrogens with zero attached hydrogens (tertiary/aromatic N) is 5. The maximum absolute atomic E-state index is 5.40. The summed E-state index contributed by atoms with van der Waals surface area (Å²) >= 11 is 0. The fourth-order valence-corrected chi connectivity index (χ4v) is 2.39. The monoisotopic (exact) mass is 316 g/mol. The Morgan fingerprint density at radius 2 is 2.17 bits per heavy atom. The molecule has 0 bridgehead atoms. The van der Waals surface area contributed by atoms with Crippen LogP contribution in [0.15, 0.2) is 35.6 Å². The molecule has 1 aromatic carbocycles. The summed E-state index contributed by atoms with van der Waals surface area (Å²) in [5.41, 5.74) is 1.11. The van der Waals surface area contributed by atoms with E-state index in [1.165, 1.54) is 0 Å². The molecule has 0 saturated heterocycles. The average molecular weight is 316 g/mol. The maximum Gasteiger partial charge on any atom is 0.194 e. The number of aromatic nitrogens is 3. The van der Waals surface area contributed by atoms with Crippen LogP contribution < -0.4 is 10.1 Å². The van der Waals surface area contributed by atoms with Gasteiger partial charge in [0.15, 0.2) is 11.8 Å². The molecule has 0 aliphatic rings. The highest BCUT2D eigenvalue weighted by Crippen LogP contribution is 2.18. The SMILES string of the molecule is CCn1cnnc1CNC(=NC)N(C)Cc1ccccc1OC. The van der Waals surface area contributed by atoms with Gasteiger partial charge in [-0.2, -0.15) is 0 Å². The number of nitrogens with one attached hydrogen (secondary N) is 1. The van der Waals surface area contributed by atoms with Gasteiger partial charge in [-0.3, -0.25) is 4.99 Å². The number of methoxy groups -OCH3 is 1. The molecule has 0 aliphatic carbocycles. The molecule has 1 heterocycles. The van der Waals surface area contributed by atoms with Gasteiger partial charge in [0.25, 0.3) is 0 Å². The lowest BCUT2D eigenvalue weighted by Crippen LogP contribution is -2.38. The van der Waals surface area contributed by atoms with Crippen molar-refractivity contribution in [3.05, 3.63) is 42.0 Å². The smallest absolute Gasteiger partial charge is 0.194 e. The van der Waals surface area contributed by atoms with Crippen LogP contribution in [0.2, 0.25) is 0 Å². The summed E-state index contributed by atoms with van der Waals surface area (Å²) in [4.78, 5) is 6.37. The third-order valence-corrected chi connectivity index (χ3v) is 3.61. The topological polar surface area (TPSA) is 67.6 Å². The molecule has 1 aromatic heterocycles. The normalized spacial score (nSPS) is 11.4. The Morgan fingerprint density at radius 3 is 2.87 bits per heavy atom. The second-order valence-corrected chi connectivity index (χ2v) is 5.10. The van der Waals surface area contributed by atoms with Gasteiger partial charge in [-0.15, -0.1) is 10.2 Å². The summed E-state index contributed by atoms with van der Waals surface area (Å²) in [6.07, 6.45) is 1.73. The Kier molecular flexibility index (Phi) is 5.96. The Balaban J connectivity index is 2.00. The minimum atomic E-state index is 0.580. The quantitative estimate of drug-likeness (QED) is 0.646. The number of benzene rings is 1. The van der Waals surface area contributed by atoms with Crippen LogP contribution in [0.1, 0.15) is 18.3 Å². The molecule has 2 aromatic rings. The summed E-state index contributed by atoms with van der Waals surface area (Å²) < 4.78 is 7.40. The lowest BCUT2D eigenvalue weighted by Gasteiger charge is -2.23. The maximum atomic E-state index is 5.40. The van der Waals surface area contributed by atoms with E-state index in [0.717, 1.165) is 29.6 Å². The van der Waals surface area contributed by atoms with Crippen LogP contribution in [-0.4, -0.2) is 46.8 Å². The van der Waals surface area contributed by atoms with Crippen molar-refractivity contribution >= 4 is 5.96 Å². The van der Waals surface area contributed by atoms with E-state index in [9.17, 15) is 0 Å². The second kappa shape index (κ2) is 8.17. The number of aryl methyl sites for hydroxylation is 1. The molecule has 0 spiro atoms. The Bertz CT molecular complexity index is 652. The summed E-state index contributed by atoms with van der Waals surface area (Å²) in [6.45, 7) is 4.19. The van der Waals surface area contributed by atoms with Crippen molar-refractivity contribution < 1.29 is 4.74 Å². The first-order chi connectivity index (χ1) is 11.2. The van der Waals surface area contributed by atoms with Crippen LogP contribution in [-0.2, 0) is 19.6 Å². The zero-order valence-corrected chi connectivity index (χ0v) is 14.2. The van der Waals surface area contributed by atoms with Gasteiger partial charge >= 0.3 is 0 Å². The molecule has 7 heteroatoms. The summed E-state index contributed by atoms with van der Waals surface area (Å²) in [5, 5.41) is 11.4. The van der Waals surface area contributed by atoms with E-state index >= 15 is 0 Å². The molecule has 0 radical (unpaired) electrons. The Morgan fingerprint density at radius 1 is 1.39 bits per heavy atom.